The Morgan fingerprint density at radius 2 is 2.28 bits per heavy atom. The number of hydrogen-bond donors (Lipinski definition) is 1. The Morgan fingerprint density at radius 1 is 1.50 bits per heavy atom. The molecule has 0 aliphatic heterocycles. The van der Waals surface area contributed by atoms with E-state index >= 15 is 0 Å². The van der Waals surface area contributed by atoms with E-state index in [2.05, 4.69) is 35.4 Å². The predicted molar refractivity (Wildman–Crippen MR) is 74.6 cm³/mol. The molecule has 1 aromatic rings. The van der Waals surface area contributed by atoms with Gasteiger partial charge >= 0.3 is 0 Å². The Bertz CT molecular complexity index is 460. The normalized spacial score (nSPS) is 27.1. The van der Waals surface area contributed by atoms with Gasteiger partial charge in [0.2, 0.25) is 0 Å². The van der Waals surface area contributed by atoms with Gasteiger partial charge in [0, 0.05) is 10.9 Å². The van der Waals surface area contributed by atoms with Gasteiger partial charge in [-0.15, -0.1) is 11.8 Å². The van der Waals surface area contributed by atoms with Crippen LogP contribution in [0, 0.1) is 25.2 Å². The Balaban J connectivity index is 2.06. The Hall–Kier alpha value is -1.05. The maximum absolute atomic E-state index is 9.25. The zero-order chi connectivity index (χ0) is 13.2. The number of rotatable bonds is 3. The van der Waals surface area contributed by atoms with Crippen molar-refractivity contribution >= 4 is 11.8 Å². The molecular weight excluding hydrogens is 242 g/mol. The van der Waals surface area contributed by atoms with Gasteiger partial charge in [0.05, 0.1) is 11.1 Å². The van der Waals surface area contributed by atoms with E-state index in [-0.39, 0.29) is 5.54 Å². The second kappa shape index (κ2) is 5.29. The van der Waals surface area contributed by atoms with Gasteiger partial charge < -0.3 is 5.32 Å². The first-order valence-electron chi connectivity index (χ1n) is 6.29. The number of nitrogens with zero attached hydrogens (tertiary/aromatic N) is 2. The lowest BCUT2D eigenvalue weighted by Gasteiger charge is -2.19. The summed E-state index contributed by atoms with van der Waals surface area (Å²) in [6.07, 6.45) is 2.91. The highest BCUT2D eigenvalue weighted by Crippen LogP contribution is 2.39. The van der Waals surface area contributed by atoms with E-state index in [9.17, 15) is 5.26 Å². The summed E-state index contributed by atoms with van der Waals surface area (Å²) < 4.78 is 0. The van der Waals surface area contributed by atoms with Crippen LogP contribution in [-0.4, -0.2) is 22.8 Å². The number of thioether (sulfide) groups is 1. The van der Waals surface area contributed by atoms with Gasteiger partial charge in [-0.2, -0.15) is 5.26 Å². The SMILES string of the molecule is CNC1(C#N)CCC(Sc2cc(C)cc(C)n2)C1. The third-order valence-corrected chi connectivity index (χ3v) is 4.71. The summed E-state index contributed by atoms with van der Waals surface area (Å²) >= 11 is 1.81. The molecule has 2 rings (SSSR count). The topological polar surface area (TPSA) is 48.7 Å². The van der Waals surface area contributed by atoms with E-state index in [1.54, 1.807) is 0 Å². The fourth-order valence-electron chi connectivity index (χ4n) is 2.52. The molecular formula is C14H19N3S. The second-order valence-electron chi connectivity index (χ2n) is 5.05. The van der Waals surface area contributed by atoms with Gasteiger partial charge in [-0.3, -0.25) is 0 Å². The first-order chi connectivity index (χ1) is 8.57. The van der Waals surface area contributed by atoms with Crippen LogP contribution in [0.2, 0.25) is 0 Å². The number of nitrogens with one attached hydrogen (secondary N) is 1. The van der Waals surface area contributed by atoms with E-state index in [1.165, 1.54) is 5.56 Å². The lowest BCUT2D eigenvalue weighted by atomic mass is 10.0. The molecule has 3 nitrogen and oxygen atoms in total. The van der Waals surface area contributed by atoms with Crippen molar-refractivity contribution in [3.63, 3.8) is 0 Å². The number of pyridine rings is 1. The van der Waals surface area contributed by atoms with E-state index in [4.69, 9.17) is 0 Å². The maximum atomic E-state index is 9.25. The molecule has 1 saturated carbocycles. The van der Waals surface area contributed by atoms with Crippen molar-refractivity contribution in [3.05, 3.63) is 23.4 Å². The van der Waals surface area contributed by atoms with Crippen LogP contribution in [0.1, 0.15) is 30.5 Å². The van der Waals surface area contributed by atoms with Gasteiger partial charge in [0.15, 0.2) is 0 Å². The molecule has 0 saturated heterocycles. The Kier molecular flexibility index (Phi) is 3.94. The molecule has 1 fully saturated rings. The molecule has 96 valence electrons. The highest BCUT2D eigenvalue weighted by atomic mass is 32.2. The molecule has 4 heteroatoms. The molecule has 1 N–H and O–H groups in total. The molecule has 18 heavy (non-hydrogen) atoms. The molecule has 0 spiro atoms. The molecule has 1 heterocycles. The quantitative estimate of drug-likeness (QED) is 0.909. The van der Waals surface area contributed by atoms with Crippen molar-refractivity contribution in [2.75, 3.05) is 7.05 Å². The van der Waals surface area contributed by atoms with Gasteiger partial charge in [-0.25, -0.2) is 4.98 Å². The first-order valence-corrected chi connectivity index (χ1v) is 7.17. The minimum atomic E-state index is -0.323. The highest BCUT2D eigenvalue weighted by Gasteiger charge is 2.38. The number of hydrogen-bond acceptors (Lipinski definition) is 4. The third-order valence-electron chi connectivity index (χ3n) is 3.52. The van der Waals surface area contributed by atoms with Crippen LogP contribution < -0.4 is 5.32 Å². The summed E-state index contributed by atoms with van der Waals surface area (Å²) in [4.78, 5) is 4.56. The third kappa shape index (κ3) is 2.85. The molecule has 1 aliphatic carbocycles. The van der Waals surface area contributed by atoms with Gasteiger partial charge in [-0.1, -0.05) is 0 Å². The summed E-state index contributed by atoms with van der Waals surface area (Å²) in [5, 5.41) is 14.0. The molecule has 1 aromatic heterocycles. The van der Waals surface area contributed by atoms with E-state index in [0.717, 1.165) is 30.0 Å². The van der Waals surface area contributed by atoms with Gasteiger partial charge in [-0.05, 0) is 57.9 Å². The van der Waals surface area contributed by atoms with Crippen LogP contribution in [0.5, 0.6) is 0 Å². The van der Waals surface area contributed by atoms with E-state index < -0.39 is 0 Å². The smallest absolute Gasteiger partial charge is 0.107 e. The van der Waals surface area contributed by atoms with Crippen molar-refractivity contribution in [2.24, 2.45) is 0 Å². The van der Waals surface area contributed by atoms with Gasteiger partial charge in [0.25, 0.3) is 0 Å². The molecule has 2 atom stereocenters. The largest absolute Gasteiger partial charge is 0.302 e. The molecule has 0 aromatic carbocycles. The summed E-state index contributed by atoms with van der Waals surface area (Å²) in [7, 11) is 1.88. The van der Waals surface area contributed by atoms with Crippen LogP contribution in [-0.2, 0) is 0 Å². The molecule has 2 unspecified atom stereocenters. The zero-order valence-corrected chi connectivity index (χ0v) is 12.0. The van der Waals surface area contributed by atoms with Crippen LogP contribution in [0.25, 0.3) is 0 Å². The van der Waals surface area contributed by atoms with Crippen LogP contribution in [0.4, 0.5) is 0 Å². The van der Waals surface area contributed by atoms with Crippen LogP contribution in [0.15, 0.2) is 17.2 Å². The fourth-order valence-corrected chi connectivity index (χ4v) is 3.92. The lowest BCUT2D eigenvalue weighted by molar-refractivity contribution is 0.464. The predicted octanol–water partition coefficient (Wildman–Crippen LogP) is 2.82. The summed E-state index contributed by atoms with van der Waals surface area (Å²) in [6, 6.07) is 6.64. The van der Waals surface area contributed by atoms with Crippen molar-refractivity contribution < 1.29 is 0 Å². The summed E-state index contributed by atoms with van der Waals surface area (Å²) in [5.41, 5.74) is 2.00. The maximum Gasteiger partial charge on any atom is 0.107 e. The van der Waals surface area contributed by atoms with E-state index in [0.29, 0.717) is 5.25 Å². The monoisotopic (exact) mass is 261 g/mol. The van der Waals surface area contributed by atoms with Gasteiger partial charge in [0.1, 0.15) is 5.54 Å². The summed E-state index contributed by atoms with van der Waals surface area (Å²) in [6.45, 7) is 4.12. The minimum absolute atomic E-state index is 0.323. The van der Waals surface area contributed by atoms with E-state index in [1.807, 2.05) is 25.7 Å². The zero-order valence-electron chi connectivity index (χ0n) is 11.2. The lowest BCUT2D eigenvalue weighted by Crippen LogP contribution is -2.38. The van der Waals surface area contributed by atoms with Crippen molar-refractivity contribution in [3.8, 4) is 6.07 Å². The Morgan fingerprint density at radius 3 is 2.83 bits per heavy atom. The standard InChI is InChI=1S/C14H19N3S/c1-10-6-11(2)17-13(7-10)18-12-4-5-14(8-12,9-15)16-3/h6-7,12,16H,4-5,8H2,1-3H3. The minimum Gasteiger partial charge on any atom is -0.302 e. The van der Waals surface area contributed by atoms with Crippen LogP contribution >= 0.6 is 11.8 Å². The van der Waals surface area contributed by atoms with Crippen molar-refractivity contribution in [1.82, 2.24) is 10.3 Å². The number of aromatic nitrogens is 1. The highest BCUT2D eigenvalue weighted by molar-refractivity contribution is 7.99. The van der Waals surface area contributed by atoms with Crippen LogP contribution in [0.3, 0.4) is 0 Å². The Labute approximate surface area is 113 Å². The van der Waals surface area contributed by atoms with Crippen molar-refractivity contribution in [2.45, 2.75) is 48.9 Å². The molecule has 0 radical (unpaired) electrons. The average molecular weight is 261 g/mol. The number of aryl methyl sites for hydroxylation is 2. The molecule has 0 bridgehead atoms. The fraction of sp³-hybridized carbons (Fsp3) is 0.571. The summed E-state index contributed by atoms with van der Waals surface area (Å²) in [5.74, 6) is 0. The van der Waals surface area contributed by atoms with Crippen molar-refractivity contribution in [1.29, 1.82) is 5.26 Å². The molecule has 1 aliphatic rings. The molecule has 0 amide bonds. The average Bonchev–Trinajstić information content (AvgIpc) is 2.72. The first kappa shape index (κ1) is 13.4. The number of nitriles is 1. The second-order valence-corrected chi connectivity index (χ2v) is 6.37.